The number of benzene rings is 1. The fraction of sp³-hybridized carbons (Fsp3) is 0.533. The minimum atomic E-state index is 0.653. The molecule has 0 radical (unpaired) electrons. The van der Waals surface area contributed by atoms with Gasteiger partial charge in [-0.1, -0.05) is 31.4 Å². The molecule has 0 aromatic heterocycles. The average Bonchev–Trinajstić information content (AvgIpc) is 2.86. The van der Waals surface area contributed by atoms with Gasteiger partial charge in [-0.2, -0.15) is 0 Å². The van der Waals surface area contributed by atoms with Crippen molar-refractivity contribution in [2.45, 2.75) is 38.0 Å². The van der Waals surface area contributed by atoms with E-state index in [1.165, 1.54) is 43.4 Å². The molecule has 0 atom stereocenters. The average molecular weight is 243 g/mol. The highest BCUT2D eigenvalue weighted by atomic mass is 15.3. The number of hydrogen-bond acceptors (Lipinski definition) is 3. The van der Waals surface area contributed by atoms with Crippen LogP contribution >= 0.6 is 0 Å². The van der Waals surface area contributed by atoms with Gasteiger partial charge in [0.25, 0.3) is 0 Å². The highest BCUT2D eigenvalue weighted by Gasteiger charge is 2.18. The van der Waals surface area contributed by atoms with Gasteiger partial charge in [0.15, 0.2) is 5.96 Å². The van der Waals surface area contributed by atoms with Crippen molar-refractivity contribution >= 4 is 11.6 Å². The van der Waals surface area contributed by atoms with E-state index < -0.39 is 0 Å². The Kier molecular flexibility index (Phi) is 3.22. The van der Waals surface area contributed by atoms with Gasteiger partial charge in [-0.25, -0.2) is 0 Å². The van der Waals surface area contributed by atoms with Crippen LogP contribution in [0.25, 0.3) is 0 Å². The minimum absolute atomic E-state index is 0.653. The van der Waals surface area contributed by atoms with Gasteiger partial charge in [-0.3, -0.25) is 4.99 Å². The second-order valence-corrected chi connectivity index (χ2v) is 5.32. The Morgan fingerprint density at radius 2 is 1.78 bits per heavy atom. The Morgan fingerprint density at radius 1 is 1.06 bits per heavy atom. The van der Waals surface area contributed by atoms with E-state index in [-0.39, 0.29) is 0 Å². The molecule has 96 valence electrons. The molecule has 18 heavy (non-hydrogen) atoms. The van der Waals surface area contributed by atoms with Gasteiger partial charge in [-0.05, 0) is 36.5 Å². The second-order valence-electron chi connectivity index (χ2n) is 5.32. The van der Waals surface area contributed by atoms with Gasteiger partial charge in [0.05, 0.1) is 6.54 Å². The SMILES string of the molecule is NC1=NCCN1c1ccc(C2CCCCC2)cc1. The predicted octanol–water partition coefficient (Wildman–Crippen LogP) is 2.87. The van der Waals surface area contributed by atoms with Crippen molar-refractivity contribution in [3.8, 4) is 0 Å². The number of guanidine groups is 1. The van der Waals surface area contributed by atoms with Crippen LogP contribution in [-0.2, 0) is 0 Å². The fourth-order valence-electron chi connectivity index (χ4n) is 3.09. The third-order valence-corrected chi connectivity index (χ3v) is 4.16. The number of hydrogen-bond donors (Lipinski definition) is 1. The van der Waals surface area contributed by atoms with E-state index in [2.05, 4.69) is 34.2 Å². The summed E-state index contributed by atoms with van der Waals surface area (Å²) in [6.45, 7) is 1.73. The Morgan fingerprint density at radius 3 is 2.39 bits per heavy atom. The molecule has 1 aliphatic heterocycles. The topological polar surface area (TPSA) is 41.6 Å². The van der Waals surface area contributed by atoms with Gasteiger partial charge in [-0.15, -0.1) is 0 Å². The Hall–Kier alpha value is -1.51. The van der Waals surface area contributed by atoms with Crippen molar-refractivity contribution in [2.75, 3.05) is 18.0 Å². The third-order valence-electron chi connectivity index (χ3n) is 4.16. The molecule has 0 amide bonds. The Balaban J connectivity index is 1.74. The second kappa shape index (κ2) is 5.01. The molecule has 1 fully saturated rings. The Labute approximate surface area is 109 Å². The van der Waals surface area contributed by atoms with Crippen molar-refractivity contribution in [3.05, 3.63) is 29.8 Å². The van der Waals surface area contributed by atoms with E-state index >= 15 is 0 Å². The van der Waals surface area contributed by atoms with Crippen molar-refractivity contribution in [2.24, 2.45) is 10.7 Å². The predicted molar refractivity (Wildman–Crippen MR) is 76.1 cm³/mol. The van der Waals surface area contributed by atoms with Crippen molar-refractivity contribution in [1.29, 1.82) is 0 Å². The van der Waals surface area contributed by atoms with E-state index in [0.717, 1.165) is 19.0 Å². The summed E-state index contributed by atoms with van der Waals surface area (Å²) in [5.74, 6) is 1.43. The lowest BCUT2D eigenvalue weighted by Crippen LogP contribution is -2.33. The van der Waals surface area contributed by atoms with E-state index in [4.69, 9.17) is 5.73 Å². The first kappa shape index (κ1) is 11.6. The van der Waals surface area contributed by atoms with Crippen LogP contribution in [-0.4, -0.2) is 19.0 Å². The highest BCUT2D eigenvalue weighted by Crippen LogP contribution is 2.33. The lowest BCUT2D eigenvalue weighted by Gasteiger charge is -2.23. The standard InChI is InChI=1S/C15H21N3/c16-15-17-10-11-18(15)14-8-6-13(7-9-14)12-4-2-1-3-5-12/h6-9,12H,1-5,10-11H2,(H2,16,17). The molecule has 2 aliphatic rings. The highest BCUT2D eigenvalue weighted by molar-refractivity contribution is 5.96. The molecule has 3 nitrogen and oxygen atoms in total. The van der Waals surface area contributed by atoms with Crippen LogP contribution in [0.2, 0.25) is 0 Å². The smallest absolute Gasteiger partial charge is 0.195 e. The number of nitrogens with two attached hydrogens (primary N) is 1. The lowest BCUT2D eigenvalue weighted by atomic mass is 9.84. The van der Waals surface area contributed by atoms with E-state index in [9.17, 15) is 0 Å². The zero-order valence-corrected chi connectivity index (χ0v) is 10.8. The monoisotopic (exact) mass is 243 g/mol. The molecule has 0 unspecified atom stereocenters. The quantitative estimate of drug-likeness (QED) is 0.867. The maximum atomic E-state index is 5.87. The molecule has 0 saturated heterocycles. The molecule has 3 heteroatoms. The molecular formula is C15H21N3. The summed E-state index contributed by atoms with van der Waals surface area (Å²) in [7, 11) is 0. The molecule has 1 aromatic carbocycles. The lowest BCUT2D eigenvalue weighted by molar-refractivity contribution is 0.443. The summed E-state index contributed by atoms with van der Waals surface area (Å²) in [5, 5.41) is 0. The molecule has 3 rings (SSSR count). The normalized spacial score (nSPS) is 21.1. The fourth-order valence-corrected chi connectivity index (χ4v) is 3.09. The summed E-state index contributed by atoms with van der Waals surface area (Å²) in [6, 6.07) is 8.93. The summed E-state index contributed by atoms with van der Waals surface area (Å²) < 4.78 is 0. The molecule has 1 heterocycles. The summed E-state index contributed by atoms with van der Waals surface area (Å²) in [4.78, 5) is 6.31. The van der Waals surface area contributed by atoms with E-state index in [0.29, 0.717) is 5.96 Å². The molecule has 1 aromatic rings. The first-order chi connectivity index (χ1) is 8.84. The molecule has 2 N–H and O–H groups in total. The van der Waals surface area contributed by atoms with E-state index in [1.807, 2.05) is 0 Å². The minimum Gasteiger partial charge on any atom is -0.370 e. The van der Waals surface area contributed by atoms with Crippen molar-refractivity contribution < 1.29 is 0 Å². The van der Waals surface area contributed by atoms with Crippen LogP contribution in [0.3, 0.4) is 0 Å². The third kappa shape index (κ3) is 2.22. The Bertz CT molecular complexity index is 430. The number of anilines is 1. The molecule has 0 bridgehead atoms. The van der Waals surface area contributed by atoms with Crippen LogP contribution in [0.4, 0.5) is 5.69 Å². The molecule has 1 saturated carbocycles. The first-order valence-corrected chi connectivity index (χ1v) is 7.02. The van der Waals surface area contributed by atoms with E-state index in [1.54, 1.807) is 0 Å². The zero-order chi connectivity index (χ0) is 12.4. The number of aliphatic imine (C=N–C) groups is 1. The maximum absolute atomic E-state index is 5.87. The number of nitrogens with zero attached hydrogens (tertiary/aromatic N) is 2. The summed E-state index contributed by atoms with van der Waals surface area (Å²) in [5.41, 5.74) is 8.54. The van der Waals surface area contributed by atoms with Crippen LogP contribution in [0.15, 0.2) is 29.3 Å². The summed E-state index contributed by atoms with van der Waals surface area (Å²) >= 11 is 0. The maximum Gasteiger partial charge on any atom is 0.195 e. The molecule has 0 spiro atoms. The largest absolute Gasteiger partial charge is 0.370 e. The van der Waals surface area contributed by atoms with Gasteiger partial charge in [0, 0.05) is 12.2 Å². The molecular weight excluding hydrogens is 222 g/mol. The van der Waals surface area contributed by atoms with Gasteiger partial charge >= 0.3 is 0 Å². The van der Waals surface area contributed by atoms with Gasteiger partial charge in [0.1, 0.15) is 0 Å². The zero-order valence-electron chi connectivity index (χ0n) is 10.8. The van der Waals surface area contributed by atoms with Crippen LogP contribution in [0.5, 0.6) is 0 Å². The van der Waals surface area contributed by atoms with Crippen molar-refractivity contribution in [3.63, 3.8) is 0 Å². The van der Waals surface area contributed by atoms with Crippen LogP contribution < -0.4 is 10.6 Å². The number of rotatable bonds is 2. The molecule has 1 aliphatic carbocycles. The van der Waals surface area contributed by atoms with Crippen LogP contribution in [0.1, 0.15) is 43.6 Å². The van der Waals surface area contributed by atoms with Crippen LogP contribution in [0, 0.1) is 0 Å². The van der Waals surface area contributed by atoms with Gasteiger partial charge < -0.3 is 10.6 Å². The summed E-state index contributed by atoms with van der Waals surface area (Å²) in [6.07, 6.45) is 6.89. The first-order valence-electron chi connectivity index (χ1n) is 7.02. The van der Waals surface area contributed by atoms with Crippen molar-refractivity contribution in [1.82, 2.24) is 0 Å². The van der Waals surface area contributed by atoms with Gasteiger partial charge in [0.2, 0.25) is 0 Å².